The Bertz CT molecular complexity index is 174. The van der Waals surface area contributed by atoms with Gasteiger partial charge in [0, 0.05) is 0 Å². The molecule has 2 nitrogen and oxygen atoms in total. The summed E-state index contributed by atoms with van der Waals surface area (Å²) < 4.78 is 4.01. The smallest absolute Gasteiger partial charge is 0.338 e. The van der Waals surface area contributed by atoms with E-state index in [1.165, 1.54) is 23.5 Å². The lowest BCUT2D eigenvalue weighted by atomic mass is 10.1. The van der Waals surface area contributed by atoms with Crippen molar-refractivity contribution in [3.8, 4) is 0 Å². The van der Waals surface area contributed by atoms with E-state index < -0.39 is 0 Å². The van der Waals surface area contributed by atoms with Crippen molar-refractivity contribution in [2.24, 2.45) is 0 Å². The van der Waals surface area contributed by atoms with Crippen molar-refractivity contribution in [3.63, 3.8) is 0 Å². The van der Waals surface area contributed by atoms with Crippen LogP contribution in [0.5, 0.6) is 0 Å². The van der Waals surface area contributed by atoms with Gasteiger partial charge in [-0.2, -0.15) is 0 Å². The summed E-state index contributed by atoms with van der Waals surface area (Å²) in [5.41, 5.74) is 0. The molecule has 0 aromatic rings. The van der Waals surface area contributed by atoms with E-state index in [4.69, 9.17) is 0 Å². The molecule has 0 saturated carbocycles. The molecule has 0 aromatic heterocycles. The Morgan fingerprint density at radius 1 is 1.38 bits per heavy atom. The predicted octanol–water partition coefficient (Wildman–Crippen LogP) is 0.954. The molecule has 0 N–H and O–H groups in total. The fourth-order valence-electron chi connectivity index (χ4n) is 2.45. The molecule has 0 radical (unpaired) electrons. The topological polar surface area (TPSA) is 3.24 Å². The van der Waals surface area contributed by atoms with E-state index >= 15 is 0 Å². The first kappa shape index (κ1) is 11.2. The third-order valence-corrected chi connectivity index (χ3v) is 6.51. The molecule has 1 fully saturated rings. The molecule has 3 heteroatoms. The summed E-state index contributed by atoms with van der Waals surface area (Å²) in [7, 11) is 4.71. The van der Waals surface area contributed by atoms with Gasteiger partial charge in [0.25, 0.3) is 0 Å². The molecular weight excluding hydrogens is 176 g/mol. The van der Waals surface area contributed by atoms with Crippen LogP contribution >= 0.6 is 0 Å². The lowest BCUT2D eigenvalue weighted by molar-refractivity contribution is -0.820. The van der Waals surface area contributed by atoms with Crippen LogP contribution < -0.4 is 0 Å². The van der Waals surface area contributed by atoms with Crippen LogP contribution in [0.3, 0.4) is 0 Å². The van der Waals surface area contributed by atoms with E-state index in [2.05, 4.69) is 39.4 Å². The second-order valence-electron chi connectivity index (χ2n) is 4.94. The lowest BCUT2D eigenvalue weighted by Gasteiger charge is -2.36. The van der Waals surface area contributed by atoms with Gasteiger partial charge in [0.05, 0.1) is 25.7 Å². The van der Waals surface area contributed by atoms with Gasteiger partial charge in [-0.1, -0.05) is 13.3 Å². The summed E-state index contributed by atoms with van der Waals surface area (Å²) >= 11 is 0. The van der Waals surface area contributed by atoms with Gasteiger partial charge in [-0.25, -0.2) is 0 Å². The van der Waals surface area contributed by atoms with Crippen LogP contribution in [0, 0.1) is 0 Å². The second-order valence-corrected chi connectivity index (χ2v) is 7.66. The summed E-state index contributed by atoms with van der Waals surface area (Å²) in [5.74, 6) is 0. The van der Waals surface area contributed by atoms with Gasteiger partial charge >= 0.3 is 9.84 Å². The van der Waals surface area contributed by atoms with E-state index in [1.807, 2.05) is 0 Å². The molecule has 0 aliphatic carbocycles. The fraction of sp³-hybridized carbons (Fsp3) is 1.00. The van der Waals surface area contributed by atoms with Crippen LogP contribution in [0.25, 0.3) is 0 Å². The van der Waals surface area contributed by atoms with Gasteiger partial charge in [-0.05, 0) is 27.3 Å². The third-order valence-electron chi connectivity index (χ3n) is 3.95. The summed E-state index contributed by atoms with van der Waals surface area (Å²) in [6.45, 7) is 8.50. The second kappa shape index (κ2) is 4.11. The summed E-state index contributed by atoms with van der Waals surface area (Å²) in [6, 6.07) is 1.65. The average Bonchev–Trinajstić information content (AvgIpc) is 2.28. The van der Waals surface area contributed by atoms with Gasteiger partial charge in [0.2, 0.25) is 0 Å². The first-order chi connectivity index (χ1) is 6.01. The first-order valence-corrected chi connectivity index (χ1v) is 6.82. The normalized spacial score (nSPS) is 43.2. The minimum atomic E-state index is -0.0593. The van der Waals surface area contributed by atoms with E-state index in [9.17, 15) is 0 Å². The van der Waals surface area contributed by atoms with Crippen LogP contribution in [0.1, 0.15) is 33.6 Å². The van der Waals surface area contributed by atoms with E-state index in [0.29, 0.717) is 0 Å². The van der Waals surface area contributed by atoms with Crippen LogP contribution in [0.2, 0.25) is 0 Å². The Hall–Kier alpha value is 0.137. The zero-order valence-electron chi connectivity index (χ0n) is 9.88. The van der Waals surface area contributed by atoms with Crippen LogP contribution in [-0.2, 0) is 0 Å². The maximum Gasteiger partial charge on any atom is 0.338 e. The van der Waals surface area contributed by atoms with Crippen molar-refractivity contribution in [2.45, 2.75) is 45.7 Å². The zero-order valence-corrected chi connectivity index (χ0v) is 11.3. The number of unbranched alkanes of at least 4 members (excludes halogenated alkanes) is 1. The average molecular weight is 201 g/mol. The summed E-state index contributed by atoms with van der Waals surface area (Å²) in [4.78, 5) is 0. The Kier molecular flexibility index (Phi) is 3.55. The number of rotatable bonds is 3. The SMILES string of the molecule is CCCC[N+]1(C)[SiH2]N(C)C(C)C1C. The fourth-order valence-corrected chi connectivity index (χ4v) is 4.96. The highest BCUT2D eigenvalue weighted by Gasteiger charge is 2.43. The number of hydrogen-bond acceptors (Lipinski definition) is 1. The molecule has 0 bridgehead atoms. The highest BCUT2D eigenvalue weighted by atomic mass is 28.2. The molecule has 3 unspecified atom stereocenters. The molecule has 1 saturated heterocycles. The highest BCUT2D eigenvalue weighted by molar-refractivity contribution is 6.23. The monoisotopic (exact) mass is 201 g/mol. The van der Waals surface area contributed by atoms with Crippen LogP contribution in [0.4, 0.5) is 0 Å². The van der Waals surface area contributed by atoms with Gasteiger partial charge in [0.15, 0.2) is 0 Å². The molecule has 0 spiro atoms. The highest BCUT2D eigenvalue weighted by Crippen LogP contribution is 2.24. The van der Waals surface area contributed by atoms with Crippen molar-refractivity contribution < 1.29 is 4.15 Å². The van der Waals surface area contributed by atoms with Crippen LogP contribution in [-0.4, -0.2) is 51.3 Å². The summed E-state index contributed by atoms with van der Waals surface area (Å²) in [6.07, 6.45) is 2.74. The molecule has 1 rings (SSSR count). The van der Waals surface area contributed by atoms with E-state index in [-0.39, 0.29) is 9.84 Å². The molecule has 0 aromatic carbocycles. The number of hydrogen-bond donors (Lipinski definition) is 0. The maximum absolute atomic E-state index is 2.63. The van der Waals surface area contributed by atoms with Gasteiger partial charge in [-0.3, -0.25) is 4.57 Å². The Labute approximate surface area is 85.5 Å². The number of quaternary nitrogens is 1. The molecule has 13 heavy (non-hydrogen) atoms. The molecule has 1 aliphatic heterocycles. The summed E-state index contributed by atoms with van der Waals surface area (Å²) in [5, 5.41) is 0. The standard InChI is InChI=1S/C10H25N2Si/c1-6-7-8-12(5)10(3)9(2)11(4)13-12/h9-10H,6-8,13H2,1-5H3/q+1. The van der Waals surface area contributed by atoms with Crippen molar-refractivity contribution in [2.75, 3.05) is 20.6 Å². The van der Waals surface area contributed by atoms with Gasteiger partial charge in [-0.15, -0.1) is 0 Å². The quantitative estimate of drug-likeness (QED) is 0.615. The third kappa shape index (κ3) is 2.14. The van der Waals surface area contributed by atoms with Crippen molar-refractivity contribution in [3.05, 3.63) is 0 Å². The molecule has 78 valence electrons. The van der Waals surface area contributed by atoms with Crippen molar-refractivity contribution >= 4 is 9.84 Å². The molecular formula is C10H25N2Si+. The molecule has 1 heterocycles. The Balaban J connectivity index is 2.58. The Morgan fingerprint density at radius 3 is 2.38 bits per heavy atom. The molecule has 1 aliphatic rings. The van der Waals surface area contributed by atoms with Crippen molar-refractivity contribution in [1.82, 2.24) is 4.57 Å². The van der Waals surface area contributed by atoms with Crippen LogP contribution in [0.15, 0.2) is 0 Å². The predicted molar refractivity (Wildman–Crippen MR) is 61.2 cm³/mol. The van der Waals surface area contributed by atoms with E-state index in [0.717, 1.165) is 12.1 Å². The largest absolute Gasteiger partial charge is 0.375 e. The van der Waals surface area contributed by atoms with Gasteiger partial charge < -0.3 is 4.15 Å². The number of likely N-dealkylation sites (N-methyl/N-ethyl adjacent to an activating group) is 2. The zero-order chi connectivity index (χ0) is 10.1. The van der Waals surface area contributed by atoms with Crippen molar-refractivity contribution in [1.29, 1.82) is 0 Å². The van der Waals surface area contributed by atoms with E-state index in [1.54, 1.807) is 0 Å². The lowest BCUT2D eigenvalue weighted by Crippen LogP contribution is -2.51. The molecule has 3 atom stereocenters. The Morgan fingerprint density at radius 2 is 2.00 bits per heavy atom. The number of nitrogens with zero attached hydrogens (tertiary/aromatic N) is 2. The minimum absolute atomic E-state index is 0.0593. The van der Waals surface area contributed by atoms with Gasteiger partial charge in [0.1, 0.15) is 0 Å². The minimum Gasteiger partial charge on any atom is -0.375 e. The first-order valence-electron chi connectivity index (χ1n) is 5.55. The molecule has 0 amide bonds. The maximum atomic E-state index is 2.63.